The Kier molecular flexibility index (Phi) is 5.08. The summed E-state index contributed by atoms with van der Waals surface area (Å²) >= 11 is 1.53. The molecule has 0 aliphatic heterocycles. The Balaban J connectivity index is 1.68. The summed E-state index contributed by atoms with van der Waals surface area (Å²) in [6.45, 7) is 6.40. The number of aryl methyl sites for hydroxylation is 1. The van der Waals surface area contributed by atoms with Gasteiger partial charge < -0.3 is 4.42 Å². The first-order chi connectivity index (χ1) is 13.7. The summed E-state index contributed by atoms with van der Waals surface area (Å²) in [4.78, 5) is 16.0. The normalized spacial score (nSPS) is 11.0. The maximum absolute atomic E-state index is 12.0. The molecule has 140 valence electrons. The molecule has 4 rings (SSSR count). The Bertz CT molecular complexity index is 1200. The molecule has 0 bridgehead atoms. The lowest BCUT2D eigenvalue weighted by Gasteiger charge is -2.09. The summed E-state index contributed by atoms with van der Waals surface area (Å²) < 4.78 is 7.35. The van der Waals surface area contributed by atoms with Gasteiger partial charge in [0, 0.05) is 41.7 Å². The summed E-state index contributed by atoms with van der Waals surface area (Å²) in [5.41, 5.74) is 3.16. The van der Waals surface area contributed by atoms with Crippen molar-refractivity contribution in [3.63, 3.8) is 0 Å². The Morgan fingerprint density at radius 2 is 2.00 bits per heavy atom. The minimum absolute atomic E-state index is 0.348. The Labute approximate surface area is 165 Å². The summed E-state index contributed by atoms with van der Waals surface area (Å²) in [5.74, 6) is 1.34. The lowest BCUT2D eigenvalue weighted by molar-refractivity contribution is 0.559. The van der Waals surface area contributed by atoms with Gasteiger partial charge in [-0.1, -0.05) is 30.0 Å². The van der Waals surface area contributed by atoms with Gasteiger partial charge in [-0.3, -0.25) is 9.55 Å². The second-order valence-electron chi connectivity index (χ2n) is 6.32. The van der Waals surface area contributed by atoms with Crippen LogP contribution in [0.5, 0.6) is 0 Å². The van der Waals surface area contributed by atoms with Crippen LogP contribution in [-0.2, 0) is 12.3 Å². The third-order valence-corrected chi connectivity index (χ3v) is 5.33. The molecule has 3 aromatic heterocycles. The van der Waals surface area contributed by atoms with Crippen LogP contribution in [0.4, 0.5) is 0 Å². The van der Waals surface area contributed by atoms with Gasteiger partial charge in [0.2, 0.25) is 0 Å². The van der Waals surface area contributed by atoms with Crippen molar-refractivity contribution in [2.24, 2.45) is 0 Å². The minimum Gasteiger partial charge on any atom is -0.423 e. The van der Waals surface area contributed by atoms with Crippen molar-refractivity contribution in [1.82, 2.24) is 19.7 Å². The molecule has 1 aromatic carbocycles. The second kappa shape index (κ2) is 7.82. The number of aromatic nitrogens is 4. The quantitative estimate of drug-likeness (QED) is 0.279. The highest BCUT2D eigenvalue weighted by Crippen LogP contribution is 2.28. The standard InChI is InChI=1S/C21H18N4O2S/c1-3-10-25-20(15-6-8-22-9-7-15)23-24-21(25)28-13-16-12-19(26)27-18-11-14(2)4-5-17(16)18/h3-9,11-12H,1,10,13H2,2H3. The number of thioether (sulfide) groups is 1. The molecule has 0 aliphatic rings. The topological polar surface area (TPSA) is 73.8 Å². The first-order valence-electron chi connectivity index (χ1n) is 8.76. The van der Waals surface area contributed by atoms with Crippen LogP contribution in [-0.4, -0.2) is 19.7 Å². The molecule has 0 radical (unpaired) electrons. The van der Waals surface area contributed by atoms with E-state index < -0.39 is 0 Å². The van der Waals surface area contributed by atoms with Gasteiger partial charge in [-0.05, 0) is 36.2 Å². The number of hydrogen-bond acceptors (Lipinski definition) is 6. The van der Waals surface area contributed by atoms with Crippen molar-refractivity contribution in [3.05, 3.63) is 83.0 Å². The molecular weight excluding hydrogens is 372 g/mol. The van der Waals surface area contributed by atoms with E-state index in [4.69, 9.17) is 4.42 Å². The van der Waals surface area contributed by atoms with Crippen LogP contribution in [0.25, 0.3) is 22.4 Å². The van der Waals surface area contributed by atoms with Crippen molar-refractivity contribution >= 4 is 22.7 Å². The second-order valence-corrected chi connectivity index (χ2v) is 7.26. The van der Waals surface area contributed by atoms with Gasteiger partial charge in [-0.25, -0.2) is 4.79 Å². The Morgan fingerprint density at radius 1 is 1.18 bits per heavy atom. The van der Waals surface area contributed by atoms with E-state index in [-0.39, 0.29) is 5.63 Å². The van der Waals surface area contributed by atoms with Gasteiger partial charge in [0.15, 0.2) is 11.0 Å². The number of pyridine rings is 1. The molecule has 0 spiro atoms. The maximum atomic E-state index is 12.0. The van der Waals surface area contributed by atoms with Gasteiger partial charge in [-0.2, -0.15) is 0 Å². The van der Waals surface area contributed by atoms with Crippen LogP contribution in [0.15, 0.2) is 75.8 Å². The highest BCUT2D eigenvalue weighted by atomic mass is 32.2. The molecule has 0 N–H and O–H groups in total. The number of allylic oxidation sites excluding steroid dienone is 1. The summed E-state index contributed by atoms with van der Waals surface area (Å²) in [6.07, 6.45) is 5.27. The first-order valence-corrected chi connectivity index (χ1v) is 9.75. The number of rotatable bonds is 6. The lowest BCUT2D eigenvalue weighted by Crippen LogP contribution is -2.02. The van der Waals surface area contributed by atoms with E-state index in [1.54, 1.807) is 18.5 Å². The van der Waals surface area contributed by atoms with Crippen molar-refractivity contribution in [3.8, 4) is 11.4 Å². The number of fused-ring (bicyclic) bond motifs is 1. The van der Waals surface area contributed by atoms with Crippen LogP contribution in [0, 0.1) is 6.92 Å². The van der Waals surface area contributed by atoms with Crippen molar-refractivity contribution < 1.29 is 4.42 Å². The van der Waals surface area contributed by atoms with Crippen LogP contribution in [0.1, 0.15) is 11.1 Å². The van der Waals surface area contributed by atoms with Gasteiger partial charge in [0.1, 0.15) is 5.58 Å². The number of nitrogens with zero attached hydrogens (tertiary/aromatic N) is 4. The van der Waals surface area contributed by atoms with E-state index in [0.717, 1.165) is 33.1 Å². The third-order valence-electron chi connectivity index (χ3n) is 4.31. The number of benzene rings is 1. The molecule has 0 saturated heterocycles. The largest absolute Gasteiger partial charge is 0.423 e. The predicted octanol–water partition coefficient (Wildman–Crippen LogP) is 4.23. The van der Waals surface area contributed by atoms with E-state index in [9.17, 15) is 4.79 Å². The minimum atomic E-state index is -0.348. The van der Waals surface area contributed by atoms with E-state index in [0.29, 0.717) is 17.9 Å². The predicted molar refractivity (Wildman–Crippen MR) is 110 cm³/mol. The molecule has 3 heterocycles. The molecule has 0 saturated carbocycles. The van der Waals surface area contributed by atoms with E-state index in [2.05, 4.69) is 21.8 Å². The molecule has 7 heteroatoms. The molecule has 0 aliphatic carbocycles. The maximum Gasteiger partial charge on any atom is 0.336 e. The molecule has 0 atom stereocenters. The molecule has 0 fully saturated rings. The third kappa shape index (κ3) is 3.61. The van der Waals surface area contributed by atoms with E-state index in [1.165, 1.54) is 11.8 Å². The fourth-order valence-corrected chi connectivity index (χ4v) is 3.94. The average Bonchev–Trinajstić information content (AvgIpc) is 3.09. The fraction of sp³-hybridized carbons (Fsp3) is 0.143. The lowest BCUT2D eigenvalue weighted by atomic mass is 10.1. The molecule has 4 aromatic rings. The summed E-state index contributed by atoms with van der Waals surface area (Å²) in [6, 6.07) is 11.2. The average molecular weight is 390 g/mol. The summed E-state index contributed by atoms with van der Waals surface area (Å²) in [7, 11) is 0. The zero-order valence-corrected chi connectivity index (χ0v) is 16.1. The SMILES string of the molecule is C=CCn1c(SCc2cc(=O)oc3cc(C)ccc23)nnc1-c1ccncc1. The van der Waals surface area contributed by atoms with Crippen molar-refractivity contribution in [2.45, 2.75) is 24.4 Å². The monoisotopic (exact) mass is 390 g/mol. The van der Waals surface area contributed by atoms with Crippen molar-refractivity contribution in [1.29, 1.82) is 0 Å². The van der Waals surface area contributed by atoms with Gasteiger partial charge >= 0.3 is 5.63 Å². The number of hydrogen-bond donors (Lipinski definition) is 0. The van der Waals surface area contributed by atoms with Gasteiger partial charge in [0.05, 0.1) is 0 Å². The molecule has 28 heavy (non-hydrogen) atoms. The zero-order valence-electron chi connectivity index (χ0n) is 15.3. The summed E-state index contributed by atoms with van der Waals surface area (Å²) in [5, 5.41) is 10.4. The Hall–Kier alpha value is -3.19. The fourth-order valence-electron chi connectivity index (χ4n) is 3.00. The van der Waals surface area contributed by atoms with Crippen LogP contribution < -0.4 is 5.63 Å². The first kappa shape index (κ1) is 18.2. The van der Waals surface area contributed by atoms with Crippen LogP contribution >= 0.6 is 11.8 Å². The molecule has 0 unspecified atom stereocenters. The van der Waals surface area contributed by atoms with Crippen LogP contribution in [0.2, 0.25) is 0 Å². The zero-order chi connectivity index (χ0) is 19.5. The molecule has 6 nitrogen and oxygen atoms in total. The van der Waals surface area contributed by atoms with E-state index >= 15 is 0 Å². The van der Waals surface area contributed by atoms with Crippen molar-refractivity contribution in [2.75, 3.05) is 0 Å². The van der Waals surface area contributed by atoms with Gasteiger partial charge in [-0.15, -0.1) is 16.8 Å². The van der Waals surface area contributed by atoms with Crippen LogP contribution in [0.3, 0.4) is 0 Å². The van der Waals surface area contributed by atoms with E-state index in [1.807, 2.05) is 47.9 Å². The highest BCUT2D eigenvalue weighted by Gasteiger charge is 2.15. The molecular formula is C21H18N4O2S. The Morgan fingerprint density at radius 3 is 2.79 bits per heavy atom. The molecule has 0 amide bonds. The smallest absolute Gasteiger partial charge is 0.336 e. The highest BCUT2D eigenvalue weighted by molar-refractivity contribution is 7.98. The van der Waals surface area contributed by atoms with Gasteiger partial charge in [0.25, 0.3) is 0 Å².